The highest BCUT2D eigenvalue weighted by molar-refractivity contribution is 8.00. The van der Waals surface area contributed by atoms with E-state index in [1.54, 1.807) is 24.3 Å². The zero-order valence-electron chi connectivity index (χ0n) is 9.67. The fourth-order valence-electron chi connectivity index (χ4n) is 1.83. The van der Waals surface area contributed by atoms with Gasteiger partial charge in [-0.2, -0.15) is 11.8 Å². The Kier molecular flexibility index (Phi) is 3.88. The van der Waals surface area contributed by atoms with Crippen LogP contribution < -0.4 is 5.32 Å². The number of rotatable bonds is 3. The van der Waals surface area contributed by atoms with E-state index in [1.165, 1.54) is 11.8 Å². The molecule has 0 saturated carbocycles. The molecule has 0 bridgehead atoms. The van der Waals surface area contributed by atoms with Gasteiger partial charge < -0.3 is 15.6 Å². The van der Waals surface area contributed by atoms with E-state index in [1.807, 2.05) is 6.07 Å². The molecule has 3 N–H and O–H groups in total. The molecule has 0 spiro atoms. The van der Waals surface area contributed by atoms with Gasteiger partial charge in [-0.1, -0.05) is 23.4 Å². The van der Waals surface area contributed by atoms with Crippen molar-refractivity contribution in [2.24, 2.45) is 5.16 Å². The van der Waals surface area contributed by atoms with E-state index < -0.39 is 5.54 Å². The van der Waals surface area contributed by atoms with Crippen molar-refractivity contribution in [3.63, 3.8) is 0 Å². The van der Waals surface area contributed by atoms with Gasteiger partial charge in [0.15, 0.2) is 0 Å². The summed E-state index contributed by atoms with van der Waals surface area (Å²) < 4.78 is 0. The van der Waals surface area contributed by atoms with E-state index in [2.05, 4.69) is 10.5 Å². The lowest BCUT2D eigenvalue weighted by Gasteiger charge is -2.27. The summed E-state index contributed by atoms with van der Waals surface area (Å²) in [6.07, 6.45) is 0. The number of carbonyl (C=O) groups excluding carboxylic acids is 1. The van der Waals surface area contributed by atoms with Crippen LogP contribution in [-0.4, -0.2) is 45.6 Å². The van der Waals surface area contributed by atoms with Crippen LogP contribution in [0.1, 0.15) is 10.4 Å². The zero-order chi connectivity index (χ0) is 13.0. The van der Waals surface area contributed by atoms with E-state index >= 15 is 0 Å². The average Bonchev–Trinajstić information content (AvgIpc) is 2.83. The molecule has 0 aromatic heterocycles. The van der Waals surface area contributed by atoms with Crippen molar-refractivity contribution < 1.29 is 15.1 Å². The number of amides is 1. The van der Waals surface area contributed by atoms with Crippen molar-refractivity contribution >= 4 is 23.4 Å². The van der Waals surface area contributed by atoms with Gasteiger partial charge in [-0.05, 0) is 12.1 Å². The van der Waals surface area contributed by atoms with E-state index in [9.17, 15) is 9.90 Å². The first kappa shape index (κ1) is 12.9. The molecule has 0 aliphatic carbocycles. The van der Waals surface area contributed by atoms with Crippen molar-refractivity contribution in [3.05, 3.63) is 35.9 Å². The Labute approximate surface area is 109 Å². The number of thioether (sulfide) groups is 1. The van der Waals surface area contributed by atoms with Crippen molar-refractivity contribution in [3.8, 4) is 0 Å². The minimum absolute atomic E-state index is 0.280. The Bertz CT molecular complexity index is 464. The fourth-order valence-corrected chi connectivity index (χ4v) is 3.14. The molecule has 1 atom stereocenters. The molecule has 2 rings (SSSR count). The van der Waals surface area contributed by atoms with Crippen LogP contribution in [0.2, 0.25) is 0 Å². The predicted octanol–water partition coefficient (Wildman–Crippen LogP) is 0.724. The Morgan fingerprint density at radius 2 is 2.17 bits per heavy atom. The number of hydrogen-bond acceptors (Lipinski definition) is 5. The lowest BCUT2D eigenvalue weighted by molar-refractivity contribution is 0.0901. The van der Waals surface area contributed by atoms with Gasteiger partial charge in [0.05, 0.1) is 12.3 Å². The van der Waals surface area contributed by atoms with E-state index in [0.29, 0.717) is 22.8 Å². The molecule has 96 valence electrons. The smallest absolute Gasteiger partial charge is 0.252 e. The quantitative estimate of drug-likeness (QED) is 0.556. The second-order valence-electron chi connectivity index (χ2n) is 4.10. The van der Waals surface area contributed by atoms with Crippen LogP contribution in [0, 0.1) is 0 Å². The topological polar surface area (TPSA) is 81.9 Å². The average molecular weight is 266 g/mol. The van der Waals surface area contributed by atoms with Crippen LogP contribution in [0.3, 0.4) is 0 Å². The molecule has 5 nitrogen and oxygen atoms in total. The van der Waals surface area contributed by atoms with Crippen LogP contribution >= 0.6 is 11.8 Å². The Hall–Kier alpha value is -1.53. The number of nitrogens with zero attached hydrogens (tertiary/aromatic N) is 1. The van der Waals surface area contributed by atoms with Crippen molar-refractivity contribution in [1.82, 2.24) is 5.32 Å². The maximum absolute atomic E-state index is 12.1. The Morgan fingerprint density at radius 3 is 2.78 bits per heavy atom. The molecule has 18 heavy (non-hydrogen) atoms. The van der Waals surface area contributed by atoms with Crippen LogP contribution in [0.4, 0.5) is 0 Å². The molecule has 1 aliphatic rings. The molecular formula is C12H14N2O3S. The molecule has 1 aromatic carbocycles. The number of aliphatic hydroxyl groups is 1. The second-order valence-corrected chi connectivity index (χ2v) is 5.09. The first-order valence-electron chi connectivity index (χ1n) is 5.49. The second kappa shape index (κ2) is 5.41. The van der Waals surface area contributed by atoms with Gasteiger partial charge in [0.25, 0.3) is 5.91 Å². The molecule has 1 saturated heterocycles. The first-order valence-corrected chi connectivity index (χ1v) is 6.65. The van der Waals surface area contributed by atoms with Crippen LogP contribution in [0.15, 0.2) is 35.5 Å². The van der Waals surface area contributed by atoms with Crippen LogP contribution in [0.5, 0.6) is 0 Å². The molecule has 1 heterocycles. The molecule has 1 amide bonds. The molecule has 1 aromatic rings. The van der Waals surface area contributed by atoms with E-state index in [-0.39, 0.29) is 12.5 Å². The van der Waals surface area contributed by atoms with Gasteiger partial charge >= 0.3 is 0 Å². The largest absolute Gasteiger partial charge is 0.411 e. The molecule has 1 unspecified atom stereocenters. The number of benzene rings is 1. The van der Waals surface area contributed by atoms with Crippen LogP contribution in [-0.2, 0) is 0 Å². The summed E-state index contributed by atoms with van der Waals surface area (Å²) in [6.45, 7) is -0.280. The third-order valence-electron chi connectivity index (χ3n) is 2.92. The maximum atomic E-state index is 12.1. The highest BCUT2D eigenvalue weighted by Crippen LogP contribution is 2.26. The number of hydrogen-bond donors (Lipinski definition) is 3. The zero-order valence-corrected chi connectivity index (χ0v) is 10.5. The molecule has 6 heteroatoms. The Balaban J connectivity index is 2.19. The third-order valence-corrected chi connectivity index (χ3v) is 4.09. The fraction of sp³-hybridized carbons (Fsp3) is 0.333. The van der Waals surface area contributed by atoms with Crippen LogP contribution in [0.25, 0.3) is 0 Å². The molecule has 1 fully saturated rings. The summed E-state index contributed by atoms with van der Waals surface area (Å²) in [5, 5.41) is 24.4. The number of carbonyl (C=O) groups is 1. The van der Waals surface area contributed by atoms with Crippen molar-refractivity contribution in [2.75, 3.05) is 18.1 Å². The number of aliphatic hydroxyl groups excluding tert-OH is 1. The summed E-state index contributed by atoms with van der Waals surface area (Å²) in [5.41, 5.74) is -0.0365. The maximum Gasteiger partial charge on any atom is 0.252 e. The van der Waals surface area contributed by atoms with Gasteiger partial charge in [-0.15, -0.1) is 0 Å². The summed E-state index contributed by atoms with van der Waals surface area (Å²) in [4.78, 5) is 12.1. The summed E-state index contributed by atoms with van der Waals surface area (Å²) in [7, 11) is 0. The monoisotopic (exact) mass is 266 g/mol. The van der Waals surface area contributed by atoms with Gasteiger partial charge in [0.1, 0.15) is 5.54 Å². The highest BCUT2D eigenvalue weighted by atomic mass is 32.2. The third kappa shape index (κ3) is 2.34. The lowest BCUT2D eigenvalue weighted by atomic mass is 9.97. The highest BCUT2D eigenvalue weighted by Gasteiger charge is 2.42. The van der Waals surface area contributed by atoms with E-state index in [0.717, 1.165) is 0 Å². The van der Waals surface area contributed by atoms with Gasteiger partial charge in [0.2, 0.25) is 0 Å². The molecule has 0 radical (unpaired) electrons. The lowest BCUT2D eigenvalue weighted by Crippen LogP contribution is -2.57. The predicted molar refractivity (Wildman–Crippen MR) is 70.3 cm³/mol. The number of nitrogens with one attached hydrogen (secondary N) is 1. The summed E-state index contributed by atoms with van der Waals surface area (Å²) >= 11 is 1.51. The SMILES string of the molecule is O=C(NC1(CO)CSCC1=NO)c1ccccc1. The Morgan fingerprint density at radius 1 is 1.44 bits per heavy atom. The van der Waals surface area contributed by atoms with Crippen molar-refractivity contribution in [2.45, 2.75) is 5.54 Å². The standard InChI is InChI=1S/C12H14N2O3S/c15-7-12(8-18-6-10(12)14-17)13-11(16)9-4-2-1-3-5-9/h1-5,15,17H,6-8H2,(H,13,16). The molecular weight excluding hydrogens is 252 g/mol. The minimum atomic E-state index is -0.952. The van der Waals surface area contributed by atoms with Gasteiger partial charge in [0, 0.05) is 17.1 Å². The number of oxime groups is 1. The van der Waals surface area contributed by atoms with E-state index in [4.69, 9.17) is 5.21 Å². The minimum Gasteiger partial charge on any atom is -0.411 e. The van der Waals surface area contributed by atoms with Gasteiger partial charge in [-0.3, -0.25) is 4.79 Å². The first-order chi connectivity index (χ1) is 8.72. The normalized spacial score (nSPS) is 25.3. The van der Waals surface area contributed by atoms with Crippen molar-refractivity contribution in [1.29, 1.82) is 0 Å². The van der Waals surface area contributed by atoms with Gasteiger partial charge in [-0.25, -0.2) is 0 Å². The summed E-state index contributed by atoms with van der Waals surface area (Å²) in [6, 6.07) is 8.75. The molecule has 1 aliphatic heterocycles. The summed E-state index contributed by atoms with van der Waals surface area (Å²) in [5.74, 6) is 0.724.